The van der Waals surface area contributed by atoms with Gasteiger partial charge in [0.25, 0.3) is 0 Å². The SMILES string of the molecule is CCOc1cc(Br)c(CC(=O)NCC(C)(C)CCCO)cc1OCC. The fourth-order valence-corrected chi connectivity index (χ4v) is 2.93. The molecule has 0 aliphatic carbocycles. The number of hydrogen-bond acceptors (Lipinski definition) is 4. The zero-order chi connectivity index (χ0) is 18.9. The summed E-state index contributed by atoms with van der Waals surface area (Å²) in [7, 11) is 0. The lowest BCUT2D eigenvalue weighted by Crippen LogP contribution is -2.35. The molecular weight excluding hydrogens is 386 g/mol. The van der Waals surface area contributed by atoms with E-state index < -0.39 is 0 Å². The van der Waals surface area contributed by atoms with E-state index in [1.807, 2.05) is 26.0 Å². The monoisotopic (exact) mass is 415 g/mol. The molecule has 1 amide bonds. The normalized spacial score (nSPS) is 11.3. The Labute approximate surface area is 159 Å². The van der Waals surface area contributed by atoms with E-state index in [0.29, 0.717) is 31.3 Å². The number of hydrogen-bond donors (Lipinski definition) is 2. The average Bonchev–Trinajstić information content (AvgIpc) is 2.56. The van der Waals surface area contributed by atoms with Gasteiger partial charge in [0.05, 0.1) is 19.6 Å². The van der Waals surface area contributed by atoms with Crippen LogP contribution in [0.1, 0.15) is 46.1 Å². The van der Waals surface area contributed by atoms with Crippen molar-refractivity contribution in [1.82, 2.24) is 5.32 Å². The highest BCUT2D eigenvalue weighted by molar-refractivity contribution is 9.10. The molecule has 0 bridgehead atoms. The van der Waals surface area contributed by atoms with Gasteiger partial charge >= 0.3 is 0 Å². The number of ether oxygens (including phenoxy) is 2. The molecule has 0 saturated carbocycles. The van der Waals surface area contributed by atoms with E-state index in [4.69, 9.17) is 14.6 Å². The Morgan fingerprint density at radius 3 is 2.36 bits per heavy atom. The molecule has 25 heavy (non-hydrogen) atoms. The molecule has 5 nitrogen and oxygen atoms in total. The van der Waals surface area contributed by atoms with Crippen LogP contribution in [0.3, 0.4) is 0 Å². The number of amides is 1. The molecule has 0 atom stereocenters. The number of carbonyl (C=O) groups is 1. The van der Waals surface area contributed by atoms with E-state index in [1.165, 1.54) is 0 Å². The smallest absolute Gasteiger partial charge is 0.224 e. The Hall–Kier alpha value is -1.27. The Morgan fingerprint density at radius 1 is 1.20 bits per heavy atom. The van der Waals surface area contributed by atoms with Crippen molar-refractivity contribution in [2.24, 2.45) is 5.41 Å². The zero-order valence-electron chi connectivity index (χ0n) is 15.7. The van der Waals surface area contributed by atoms with Crippen LogP contribution in [0, 0.1) is 5.41 Å². The summed E-state index contributed by atoms with van der Waals surface area (Å²) in [5.41, 5.74) is 0.822. The van der Waals surface area contributed by atoms with Gasteiger partial charge in [0.1, 0.15) is 0 Å². The van der Waals surface area contributed by atoms with Gasteiger partial charge in [-0.1, -0.05) is 29.8 Å². The van der Waals surface area contributed by atoms with Crippen molar-refractivity contribution >= 4 is 21.8 Å². The number of halogens is 1. The number of nitrogens with one attached hydrogen (secondary N) is 1. The zero-order valence-corrected chi connectivity index (χ0v) is 17.2. The second-order valence-electron chi connectivity index (χ2n) is 6.70. The molecule has 1 aromatic carbocycles. The van der Waals surface area contributed by atoms with Crippen LogP contribution in [-0.4, -0.2) is 37.4 Å². The fraction of sp³-hybridized carbons (Fsp3) is 0.632. The highest BCUT2D eigenvalue weighted by Crippen LogP contribution is 2.34. The minimum Gasteiger partial charge on any atom is -0.490 e. The van der Waals surface area contributed by atoms with E-state index in [0.717, 1.165) is 22.9 Å². The molecule has 6 heteroatoms. The number of aliphatic hydroxyl groups is 1. The molecule has 0 aromatic heterocycles. The predicted molar refractivity (Wildman–Crippen MR) is 103 cm³/mol. The molecular formula is C19H30BrNO4. The molecule has 0 unspecified atom stereocenters. The van der Waals surface area contributed by atoms with E-state index in [-0.39, 0.29) is 24.3 Å². The Kier molecular flexibility index (Phi) is 9.28. The third-order valence-corrected chi connectivity index (χ3v) is 4.58. The fourth-order valence-electron chi connectivity index (χ4n) is 2.47. The van der Waals surface area contributed by atoms with Crippen molar-refractivity contribution in [1.29, 1.82) is 0 Å². The van der Waals surface area contributed by atoms with Gasteiger partial charge in [-0.15, -0.1) is 0 Å². The van der Waals surface area contributed by atoms with Crippen LogP contribution in [0.2, 0.25) is 0 Å². The molecule has 0 aliphatic heterocycles. The van der Waals surface area contributed by atoms with Crippen molar-refractivity contribution in [3.8, 4) is 11.5 Å². The van der Waals surface area contributed by atoms with Crippen LogP contribution in [0.5, 0.6) is 11.5 Å². The summed E-state index contributed by atoms with van der Waals surface area (Å²) in [4.78, 5) is 12.3. The van der Waals surface area contributed by atoms with Gasteiger partial charge < -0.3 is 19.9 Å². The summed E-state index contributed by atoms with van der Waals surface area (Å²) in [6.45, 7) is 9.85. The van der Waals surface area contributed by atoms with E-state index in [2.05, 4.69) is 35.1 Å². The number of benzene rings is 1. The van der Waals surface area contributed by atoms with Crippen LogP contribution in [0.25, 0.3) is 0 Å². The Bertz CT molecular complexity index is 561. The van der Waals surface area contributed by atoms with Gasteiger partial charge in [-0.3, -0.25) is 4.79 Å². The maximum Gasteiger partial charge on any atom is 0.224 e. The van der Waals surface area contributed by atoms with E-state index >= 15 is 0 Å². The Balaban J connectivity index is 2.74. The van der Waals surface area contributed by atoms with Crippen LogP contribution < -0.4 is 14.8 Å². The first-order valence-corrected chi connectivity index (χ1v) is 9.57. The van der Waals surface area contributed by atoms with Crippen molar-refractivity contribution in [3.05, 3.63) is 22.2 Å². The van der Waals surface area contributed by atoms with Crippen LogP contribution >= 0.6 is 15.9 Å². The summed E-state index contributed by atoms with van der Waals surface area (Å²) >= 11 is 3.51. The molecule has 1 rings (SSSR count). The summed E-state index contributed by atoms with van der Waals surface area (Å²) < 4.78 is 12.0. The van der Waals surface area contributed by atoms with Crippen LogP contribution in [0.15, 0.2) is 16.6 Å². The lowest BCUT2D eigenvalue weighted by atomic mass is 9.88. The first-order chi connectivity index (χ1) is 11.8. The van der Waals surface area contributed by atoms with Crippen molar-refractivity contribution in [3.63, 3.8) is 0 Å². The van der Waals surface area contributed by atoms with Gasteiger partial charge in [0, 0.05) is 17.6 Å². The number of rotatable bonds is 11. The third kappa shape index (κ3) is 7.65. The van der Waals surface area contributed by atoms with Gasteiger partial charge in [0.2, 0.25) is 5.91 Å². The molecule has 1 aromatic rings. The van der Waals surface area contributed by atoms with Gasteiger partial charge in [0.15, 0.2) is 11.5 Å². The summed E-state index contributed by atoms with van der Waals surface area (Å²) in [6, 6.07) is 3.71. The molecule has 0 saturated heterocycles. The molecule has 142 valence electrons. The minimum atomic E-state index is -0.0376. The number of aliphatic hydroxyl groups excluding tert-OH is 1. The van der Waals surface area contributed by atoms with E-state index in [9.17, 15) is 4.79 Å². The largest absolute Gasteiger partial charge is 0.490 e. The summed E-state index contributed by atoms with van der Waals surface area (Å²) in [6.07, 6.45) is 1.87. The van der Waals surface area contributed by atoms with Crippen molar-refractivity contribution < 1.29 is 19.4 Å². The van der Waals surface area contributed by atoms with E-state index in [1.54, 1.807) is 0 Å². The molecule has 0 aliphatic rings. The molecule has 0 spiro atoms. The van der Waals surface area contributed by atoms with Gasteiger partial charge in [-0.25, -0.2) is 0 Å². The topological polar surface area (TPSA) is 67.8 Å². The van der Waals surface area contributed by atoms with Gasteiger partial charge in [-0.05, 0) is 49.8 Å². The maximum atomic E-state index is 12.3. The van der Waals surface area contributed by atoms with Crippen LogP contribution in [-0.2, 0) is 11.2 Å². The standard InChI is InChI=1S/C19H30BrNO4/c1-5-24-16-10-14(15(20)12-17(16)25-6-2)11-18(23)21-13-19(3,4)8-7-9-22/h10,12,22H,5-9,11,13H2,1-4H3,(H,21,23). The summed E-state index contributed by atoms with van der Waals surface area (Å²) in [5.74, 6) is 1.29. The van der Waals surface area contributed by atoms with Crippen LogP contribution in [0.4, 0.5) is 0 Å². The Morgan fingerprint density at radius 2 is 1.80 bits per heavy atom. The molecule has 2 N–H and O–H groups in total. The van der Waals surface area contributed by atoms with Crippen molar-refractivity contribution in [2.45, 2.75) is 47.0 Å². The quantitative estimate of drug-likeness (QED) is 0.577. The highest BCUT2D eigenvalue weighted by Gasteiger charge is 2.19. The third-order valence-electron chi connectivity index (χ3n) is 3.84. The first-order valence-electron chi connectivity index (χ1n) is 8.78. The lowest BCUT2D eigenvalue weighted by Gasteiger charge is -2.24. The molecule has 0 fully saturated rings. The average molecular weight is 416 g/mol. The number of carbonyl (C=O) groups excluding carboxylic acids is 1. The maximum absolute atomic E-state index is 12.3. The predicted octanol–water partition coefficient (Wildman–Crippen LogP) is 3.70. The van der Waals surface area contributed by atoms with Crippen molar-refractivity contribution in [2.75, 3.05) is 26.4 Å². The highest BCUT2D eigenvalue weighted by atomic mass is 79.9. The minimum absolute atomic E-state index is 0.0368. The molecule has 0 radical (unpaired) electrons. The summed E-state index contributed by atoms with van der Waals surface area (Å²) in [5, 5.41) is 11.9. The second kappa shape index (κ2) is 10.7. The lowest BCUT2D eigenvalue weighted by molar-refractivity contribution is -0.120. The molecule has 0 heterocycles. The van der Waals surface area contributed by atoms with Gasteiger partial charge in [-0.2, -0.15) is 0 Å². The second-order valence-corrected chi connectivity index (χ2v) is 7.56. The first kappa shape index (κ1) is 21.8.